The smallest absolute Gasteiger partial charge is 0.245 e. The molecule has 5 nitrogen and oxygen atoms in total. The van der Waals surface area contributed by atoms with Crippen molar-refractivity contribution in [2.24, 2.45) is 11.7 Å². The quantitative estimate of drug-likeness (QED) is 0.745. The standard InChI is InChI=1S/C12H21BrN2O3S2/c1-9(2)8-15(4-5-18-3)20(16,17)11-6-10(7-14)19-12(11)13/h6,9H,4-5,7-8,14H2,1-3H3. The fraction of sp³-hybridized carbons (Fsp3) is 0.667. The predicted octanol–water partition coefficient (Wildman–Crippen LogP) is 2.26. The minimum absolute atomic E-state index is 0.244. The maximum absolute atomic E-state index is 12.7. The molecular weight excluding hydrogens is 364 g/mol. The lowest BCUT2D eigenvalue weighted by molar-refractivity contribution is 0.175. The van der Waals surface area contributed by atoms with Crippen molar-refractivity contribution in [1.29, 1.82) is 0 Å². The molecule has 8 heteroatoms. The Balaban J connectivity index is 3.10. The molecule has 0 aliphatic rings. The molecule has 0 spiro atoms. The summed E-state index contributed by atoms with van der Waals surface area (Å²) in [5, 5.41) is 0. The highest BCUT2D eigenvalue weighted by Crippen LogP contribution is 2.33. The summed E-state index contributed by atoms with van der Waals surface area (Å²) in [7, 11) is -1.96. The molecule has 0 atom stereocenters. The van der Waals surface area contributed by atoms with Gasteiger partial charge in [-0.3, -0.25) is 0 Å². The average molecular weight is 385 g/mol. The minimum Gasteiger partial charge on any atom is -0.383 e. The van der Waals surface area contributed by atoms with Crippen molar-refractivity contribution in [3.05, 3.63) is 14.7 Å². The monoisotopic (exact) mass is 384 g/mol. The van der Waals surface area contributed by atoms with Gasteiger partial charge >= 0.3 is 0 Å². The lowest BCUT2D eigenvalue weighted by Crippen LogP contribution is -2.36. The Morgan fingerprint density at radius 2 is 2.15 bits per heavy atom. The molecule has 2 N–H and O–H groups in total. The number of hydrogen-bond acceptors (Lipinski definition) is 5. The molecule has 20 heavy (non-hydrogen) atoms. The summed E-state index contributed by atoms with van der Waals surface area (Å²) in [6, 6.07) is 1.64. The number of nitrogens with two attached hydrogens (primary N) is 1. The van der Waals surface area contributed by atoms with E-state index < -0.39 is 10.0 Å². The van der Waals surface area contributed by atoms with Crippen molar-refractivity contribution < 1.29 is 13.2 Å². The maximum atomic E-state index is 12.7. The third-order valence-corrected chi connectivity index (χ3v) is 6.78. The predicted molar refractivity (Wildman–Crippen MR) is 85.4 cm³/mol. The van der Waals surface area contributed by atoms with Gasteiger partial charge in [-0.1, -0.05) is 13.8 Å². The lowest BCUT2D eigenvalue weighted by atomic mass is 10.2. The highest BCUT2D eigenvalue weighted by Gasteiger charge is 2.28. The van der Waals surface area contributed by atoms with E-state index in [0.717, 1.165) is 4.88 Å². The van der Waals surface area contributed by atoms with Crippen molar-refractivity contribution in [3.63, 3.8) is 0 Å². The summed E-state index contributed by atoms with van der Waals surface area (Å²) in [6.07, 6.45) is 0. The number of rotatable bonds is 8. The van der Waals surface area contributed by atoms with Crippen molar-refractivity contribution in [2.75, 3.05) is 26.8 Å². The van der Waals surface area contributed by atoms with Gasteiger partial charge in [0.1, 0.15) is 4.90 Å². The topological polar surface area (TPSA) is 72.6 Å². The Labute approximate surface area is 133 Å². The van der Waals surface area contributed by atoms with Crippen molar-refractivity contribution in [3.8, 4) is 0 Å². The summed E-state index contributed by atoms with van der Waals surface area (Å²) in [5.74, 6) is 0.244. The molecule has 1 rings (SSSR count). The van der Waals surface area contributed by atoms with Crippen LogP contribution < -0.4 is 5.73 Å². The zero-order valence-electron chi connectivity index (χ0n) is 11.9. The Kier molecular flexibility index (Phi) is 7.10. The van der Waals surface area contributed by atoms with Crippen LogP contribution in [0, 0.1) is 5.92 Å². The van der Waals surface area contributed by atoms with Gasteiger partial charge in [0, 0.05) is 31.6 Å². The second-order valence-corrected chi connectivity index (χ2v) is 9.17. The summed E-state index contributed by atoms with van der Waals surface area (Å²) in [6.45, 7) is 5.49. The first-order valence-electron chi connectivity index (χ1n) is 6.30. The summed E-state index contributed by atoms with van der Waals surface area (Å²) in [5.41, 5.74) is 5.57. The van der Waals surface area contributed by atoms with Gasteiger partial charge in [0.25, 0.3) is 0 Å². The van der Waals surface area contributed by atoms with Crippen LogP contribution >= 0.6 is 27.3 Å². The van der Waals surface area contributed by atoms with Crippen LogP contribution in [0.4, 0.5) is 0 Å². The molecule has 0 bridgehead atoms. The zero-order chi connectivity index (χ0) is 15.3. The van der Waals surface area contributed by atoms with E-state index in [4.69, 9.17) is 10.5 Å². The zero-order valence-corrected chi connectivity index (χ0v) is 15.1. The SMILES string of the molecule is COCCN(CC(C)C)S(=O)(=O)c1cc(CN)sc1Br. The first-order valence-corrected chi connectivity index (χ1v) is 9.35. The van der Waals surface area contributed by atoms with Crippen LogP contribution in [0.1, 0.15) is 18.7 Å². The molecule has 0 aliphatic carbocycles. The van der Waals surface area contributed by atoms with Crippen LogP contribution in [0.25, 0.3) is 0 Å². The van der Waals surface area contributed by atoms with Gasteiger partial charge in [0.2, 0.25) is 10.0 Å². The highest BCUT2D eigenvalue weighted by molar-refractivity contribution is 9.11. The molecule has 0 unspecified atom stereocenters. The first kappa shape index (κ1) is 18.1. The van der Waals surface area contributed by atoms with Crippen molar-refractivity contribution in [1.82, 2.24) is 4.31 Å². The Bertz CT molecular complexity index is 529. The average Bonchev–Trinajstić information content (AvgIpc) is 2.76. The van der Waals surface area contributed by atoms with E-state index in [1.807, 2.05) is 13.8 Å². The van der Waals surface area contributed by atoms with E-state index in [9.17, 15) is 8.42 Å². The first-order chi connectivity index (χ1) is 9.32. The molecule has 0 fully saturated rings. The molecule has 0 saturated carbocycles. The molecule has 0 aliphatic heterocycles. The summed E-state index contributed by atoms with van der Waals surface area (Å²) in [4.78, 5) is 1.13. The normalized spacial score (nSPS) is 12.6. The number of sulfonamides is 1. The fourth-order valence-corrected chi connectivity index (χ4v) is 5.82. The van der Waals surface area contributed by atoms with E-state index >= 15 is 0 Å². The molecule has 0 saturated heterocycles. The number of methoxy groups -OCH3 is 1. The highest BCUT2D eigenvalue weighted by atomic mass is 79.9. The molecule has 1 aromatic rings. The number of thiophene rings is 1. The van der Waals surface area contributed by atoms with Gasteiger partial charge in [-0.05, 0) is 27.9 Å². The van der Waals surface area contributed by atoms with Gasteiger partial charge < -0.3 is 10.5 Å². The van der Waals surface area contributed by atoms with Gasteiger partial charge in [-0.15, -0.1) is 11.3 Å². The molecule has 0 aromatic carbocycles. The number of hydrogen-bond donors (Lipinski definition) is 1. The van der Waals surface area contributed by atoms with Crippen LogP contribution in [-0.2, 0) is 21.3 Å². The minimum atomic E-state index is -3.53. The Morgan fingerprint density at radius 1 is 1.50 bits per heavy atom. The second-order valence-electron chi connectivity index (χ2n) is 4.80. The van der Waals surface area contributed by atoms with Crippen molar-refractivity contribution in [2.45, 2.75) is 25.3 Å². The van der Waals surface area contributed by atoms with Gasteiger partial charge in [0.15, 0.2) is 0 Å². The van der Waals surface area contributed by atoms with Crippen LogP contribution in [0.3, 0.4) is 0 Å². The van der Waals surface area contributed by atoms with E-state index in [-0.39, 0.29) is 5.92 Å². The van der Waals surface area contributed by atoms with Crippen LogP contribution in [0.2, 0.25) is 0 Å². The molecule has 0 amide bonds. The largest absolute Gasteiger partial charge is 0.383 e. The molecule has 116 valence electrons. The van der Waals surface area contributed by atoms with Crippen molar-refractivity contribution >= 4 is 37.3 Å². The second kappa shape index (κ2) is 7.86. The molecular formula is C12H21BrN2O3S2. The number of nitrogens with zero attached hydrogens (tertiary/aromatic N) is 1. The van der Waals surface area contributed by atoms with Gasteiger partial charge in [-0.25, -0.2) is 8.42 Å². The summed E-state index contributed by atoms with van der Waals surface area (Å²) >= 11 is 4.68. The maximum Gasteiger partial charge on any atom is 0.245 e. The van der Waals surface area contributed by atoms with Gasteiger partial charge in [0.05, 0.1) is 10.4 Å². The van der Waals surface area contributed by atoms with Gasteiger partial charge in [-0.2, -0.15) is 4.31 Å². The molecule has 0 radical (unpaired) electrons. The Hall–Kier alpha value is 0.01000. The third kappa shape index (κ3) is 4.51. The number of ether oxygens (including phenoxy) is 1. The van der Waals surface area contributed by atoms with Crippen LogP contribution in [0.5, 0.6) is 0 Å². The molecule has 1 aromatic heterocycles. The van der Waals surface area contributed by atoms with E-state index in [1.54, 1.807) is 13.2 Å². The van der Waals surface area contributed by atoms with E-state index in [0.29, 0.717) is 34.9 Å². The van der Waals surface area contributed by atoms with E-state index in [2.05, 4.69) is 15.9 Å². The Morgan fingerprint density at radius 3 is 2.60 bits per heavy atom. The van der Waals surface area contributed by atoms with Crippen LogP contribution in [-0.4, -0.2) is 39.5 Å². The van der Waals surface area contributed by atoms with E-state index in [1.165, 1.54) is 15.6 Å². The fourth-order valence-electron chi connectivity index (χ4n) is 1.72. The lowest BCUT2D eigenvalue weighted by Gasteiger charge is -2.23. The number of halogens is 1. The summed E-state index contributed by atoms with van der Waals surface area (Å²) < 4.78 is 32.5. The third-order valence-electron chi connectivity index (χ3n) is 2.64. The molecule has 1 heterocycles. The van der Waals surface area contributed by atoms with Crippen LogP contribution in [0.15, 0.2) is 14.7 Å².